The van der Waals surface area contributed by atoms with E-state index in [1.807, 2.05) is 13.8 Å². The van der Waals surface area contributed by atoms with E-state index in [4.69, 9.17) is 18.9 Å². The molecule has 0 heterocycles. The highest BCUT2D eigenvalue weighted by atomic mass is 28.3. The first-order valence-corrected chi connectivity index (χ1v) is 16.4. The molecule has 0 saturated heterocycles. The molecule has 0 aliphatic carbocycles. The lowest BCUT2D eigenvalue weighted by molar-refractivity contribution is -0.142. The Kier molecular flexibility index (Phi) is 18.3. The number of hydrogen-bond donors (Lipinski definition) is 2. The molecule has 0 spiro atoms. The molecule has 0 unspecified atom stereocenters. The normalized spacial score (nSPS) is 13.3. The average molecular weight is 493 g/mol. The minimum atomic E-state index is -1.41. The van der Waals surface area contributed by atoms with Gasteiger partial charge in [-0.3, -0.25) is 0 Å². The van der Waals surface area contributed by atoms with Gasteiger partial charge in [0.05, 0.1) is 25.9 Å². The van der Waals surface area contributed by atoms with Crippen molar-refractivity contribution in [3.63, 3.8) is 0 Å². The van der Waals surface area contributed by atoms with Crippen LogP contribution in [0.3, 0.4) is 0 Å². The molecule has 7 heteroatoms. The van der Waals surface area contributed by atoms with Gasteiger partial charge in [0.15, 0.2) is 6.29 Å². The van der Waals surface area contributed by atoms with Gasteiger partial charge in [-0.25, -0.2) is 0 Å². The number of ether oxygens (including phenoxy) is 4. The standard InChI is InChI=1S/C26H56O6Si/c1-8-29-24(30-9-2)14-10-15-25(3,4)32-20-16-26(5,6)31-19-13-23-33(7,21-11-17-27)22-12-18-28/h24,27-28H,8-23H2,1-7H3. The Morgan fingerprint density at radius 3 is 1.70 bits per heavy atom. The molecule has 0 aromatic rings. The highest BCUT2D eigenvalue weighted by Crippen LogP contribution is 2.27. The summed E-state index contributed by atoms with van der Waals surface area (Å²) in [7, 11) is -1.41. The zero-order valence-corrected chi connectivity index (χ0v) is 23.9. The third kappa shape index (κ3) is 18.0. The van der Waals surface area contributed by atoms with E-state index in [9.17, 15) is 10.2 Å². The predicted octanol–water partition coefficient (Wildman–Crippen LogP) is 5.77. The van der Waals surface area contributed by atoms with E-state index in [-0.39, 0.29) is 30.7 Å². The first-order valence-electron chi connectivity index (χ1n) is 13.3. The van der Waals surface area contributed by atoms with Crippen LogP contribution in [0.5, 0.6) is 0 Å². The molecule has 0 radical (unpaired) electrons. The summed E-state index contributed by atoms with van der Waals surface area (Å²) in [5.74, 6) is 0. The Labute approximate surface area is 205 Å². The molecule has 0 fully saturated rings. The molecule has 0 aliphatic rings. The van der Waals surface area contributed by atoms with Crippen molar-refractivity contribution in [2.75, 3.05) is 39.6 Å². The van der Waals surface area contributed by atoms with Crippen molar-refractivity contribution in [1.82, 2.24) is 0 Å². The highest BCUT2D eigenvalue weighted by Gasteiger charge is 2.27. The first-order chi connectivity index (χ1) is 15.5. The quantitative estimate of drug-likeness (QED) is 0.107. The lowest BCUT2D eigenvalue weighted by Gasteiger charge is -2.31. The van der Waals surface area contributed by atoms with Crippen molar-refractivity contribution in [1.29, 1.82) is 0 Å². The first kappa shape index (κ1) is 33.0. The van der Waals surface area contributed by atoms with E-state index in [1.54, 1.807) is 0 Å². The van der Waals surface area contributed by atoms with E-state index < -0.39 is 8.07 Å². The van der Waals surface area contributed by atoms with E-state index in [0.29, 0.717) is 19.8 Å². The second kappa shape index (κ2) is 18.3. The lowest BCUT2D eigenvalue weighted by Crippen LogP contribution is -2.33. The summed E-state index contributed by atoms with van der Waals surface area (Å²) >= 11 is 0. The molecule has 2 N–H and O–H groups in total. The predicted molar refractivity (Wildman–Crippen MR) is 140 cm³/mol. The number of aliphatic hydroxyl groups is 2. The Hall–Kier alpha value is -0.0231. The van der Waals surface area contributed by atoms with Gasteiger partial charge in [0, 0.05) is 33.0 Å². The number of hydrogen-bond acceptors (Lipinski definition) is 6. The molecule has 0 aliphatic heterocycles. The summed E-state index contributed by atoms with van der Waals surface area (Å²) in [5, 5.41) is 18.4. The van der Waals surface area contributed by atoms with Gasteiger partial charge in [-0.05, 0) is 86.5 Å². The van der Waals surface area contributed by atoms with Gasteiger partial charge in [-0.15, -0.1) is 0 Å². The molecule has 0 atom stereocenters. The van der Waals surface area contributed by atoms with Gasteiger partial charge in [0.1, 0.15) is 0 Å². The number of aliphatic hydroxyl groups excluding tert-OH is 2. The second-order valence-electron chi connectivity index (χ2n) is 10.8. The van der Waals surface area contributed by atoms with Crippen LogP contribution >= 0.6 is 0 Å². The maximum Gasteiger partial charge on any atom is 0.157 e. The van der Waals surface area contributed by atoms with Crippen molar-refractivity contribution in [2.24, 2.45) is 0 Å². The molecule has 0 rings (SSSR count). The van der Waals surface area contributed by atoms with Crippen LogP contribution < -0.4 is 0 Å². The monoisotopic (exact) mass is 492 g/mol. The summed E-state index contributed by atoms with van der Waals surface area (Å²) in [6.07, 6.45) is 6.43. The van der Waals surface area contributed by atoms with Crippen LogP contribution in [0, 0.1) is 0 Å². The fourth-order valence-electron chi connectivity index (χ4n) is 4.23. The molecule has 0 aromatic heterocycles. The molecule has 0 bridgehead atoms. The Bertz CT molecular complexity index is 444. The van der Waals surface area contributed by atoms with Gasteiger partial charge in [0.25, 0.3) is 0 Å². The highest BCUT2D eigenvalue weighted by molar-refractivity contribution is 6.78. The summed E-state index contributed by atoms with van der Waals surface area (Å²) in [6.45, 7) is 18.3. The molecule has 0 amide bonds. The molecule has 0 aromatic carbocycles. The Balaban J connectivity index is 4.24. The van der Waals surface area contributed by atoms with Gasteiger partial charge in [-0.1, -0.05) is 24.7 Å². The molecule has 200 valence electrons. The van der Waals surface area contributed by atoms with Crippen LogP contribution in [0.1, 0.15) is 86.5 Å². The average Bonchev–Trinajstić information content (AvgIpc) is 2.74. The minimum Gasteiger partial charge on any atom is -0.396 e. The fraction of sp³-hybridized carbons (Fsp3) is 1.00. The van der Waals surface area contributed by atoms with Crippen LogP contribution in [0.25, 0.3) is 0 Å². The van der Waals surface area contributed by atoms with Crippen molar-refractivity contribution >= 4 is 8.07 Å². The summed E-state index contributed by atoms with van der Waals surface area (Å²) in [4.78, 5) is 0. The zero-order valence-electron chi connectivity index (χ0n) is 22.9. The van der Waals surface area contributed by atoms with E-state index in [2.05, 4.69) is 34.2 Å². The van der Waals surface area contributed by atoms with Crippen molar-refractivity contribution in [3.05, 3.63) is 0 Å². The second-order valence-corrected chi connectivity index (χ2v) is 15.9. The number of rotatable bonds is 23. The maximum atomic E-state index is 9.21. The third-order valence-corrected chi connectivity index (χ3v) is 11.1. The molecule has 0 saturated carbocycles. The van der Waals surface area contributed by atoms with Gasteiger partial charge in [-0.2, -0.15) is 0 Å². The largest absolute Gasteiger partial charge is 0.396 e. The summed E-state index contributed by atoms with van der Waals surface area (Å²) in [5.41, 5.74) is -0.384. The van der Waals surface area contributed by atoms with Crippen molar-refractivity contribution in [2.45, 2.75) is 129 Å². The smallest absolute Gasteiger partial charge is 0.157 e. The van der Waals surface area contributed by atoms with Crippen molar-refractivity contribution < 1.29 is 29.2 Å². The topological polar surface area (TPSA) is 77.4 Å². The molecule has 33 heavy (non-hydrogen) atoms. The van der Waals surface area contributed by atoms with Gasteiger partial charge in [0.2, 0.25) is 0 Å². The molecule has 6 nitrogen and oxygen atoms in total. The van der Waals surface area contributed by atoms with Crippen LogP contribution in [-0.2, 0) is 18.9 Å². The fourth-order valence-corrected chi connectivity index (χ4v) is 8.00. The Morgan fingerprint density at radius 1 is 0.697 bits per heavy atom. The Morgan fingerprint density at radius 2 is 1.18 bits per heavy atom. The lowest BCUT2D eigenvalue weighted by atomic mass is 10.0. The third-order valence-electron chi connectivity index (χ3n) is 6.42. The van der Waals surface area contributed by atoms with Crippen LogP contribution in [0.4, 0.5) is 0 Å². The zero-order chi connectivity index (χ0) is 25.2. The van der Waals surface area contributed by atoms with Crippen LogP contribution in [0.15, 0.2) is 0 Å². The van der Waals surface area contributed by atoms with Crippen LogP contribution in [0.2, 0.25) is 24.7 Å². The van der Waals surface area contributed by atoms with Crippen molar-refractivity contribution in [3.8, 4) is 0 Å². The van der Waals surface area contributed by atoms with E-state index in [0.717, 1.165) is 63.6 Å². The maximum absolute atomic E-state index is 9.21. The van der Waals surface area contributed by atoms with E-state index in [1.165, 1.54) is 6.04 Å². The molecular weight excluding hydrogens is 436 g/mol. The summed E-state index contributed by atoms with van der Waals surface area (Å²) in [6, 6.07) is 3.45. The van der Waals surface area contributed by atoms with Gasteiger partial charge >= 0.3 is 0 Å². The molecular formula is C26H56O6Si. The SMILES string of the molecule is CCOC(CCCC(C)(C)OCCC(C)(C)OCCC[Si](C)(CCCO)CCCO)OCC. The van der Waals surface area contributed by atoms with Crippen LogP contribution in [-0.4, -0.2) is 75.4 Å². The van der Waals surface area contributed by atoms with E-state index >= 15 is 0 Å². The minimum absolute atomic E-state index is 0.111. The summed E-state index contributed by atoms with van der Waals surface area (Å²) < 4.78 is 23.7. The van der Waals surface area contributed by atoms with Gasteiger partial charge < -0.3 is 29.2 Å².